The Morgan fingerprint density at radius 2 is 1.72 bits per heavy atom. The van der Waals surface area contributed by atoms with Crippen LogP contribution < -0.4 is 11.2 Å². The van der Waals surface area contributed by atoms with Crippen LogP contribution in [0.25, 0.3) is 21.9 Å². The second-order valence-electron chi connectivity index (χ2n) is 4.00. The zero-order chi connectivity index (χ0) is 12.7. The van der Waals surface area contributed by atoms with E-state index in [-0.39, 0.29) is 5.43 Å². The molecule has 3 rings (SSSR count). The largest absolute Gasteiger partial charge is 0.456 e. The summed E-state index contributed by atoms with van der Waals surface area (Å²) in [4.78, 5) is 23.3. The van der Waals surface area contributed by atoms with Crippen molar-refractivity contribution in [3.8, 4) is 0 Å². The van der Waals surface area contributed by atoms with E-state index in [0.29, 0.717) is 27.5 Å². The minimum atomic E-state index is -0.548. The van der Waals surface area contributed by atoms with Gasteiger partial charge in [0.15, 0.2) is 0 Å². The van der Waals surface area contributed by atoms with Gasteiger partial charge < -0.3 is 10.2 Å². The van der Waals surface area contributed by atoms with Gasteiger partial charge in [-0.3, -0.25) is 9.59 Å². The van der Waals surface area contributed by atoms with Crippen LogP contribution in [0.1, 0.15) is 10.4 Å². The normalized spacial score (nSPS) is 10.9. The molecular formula is C14H9NO3. The molecule has 2 aromatic carbocycles. The van der Waals surface area contributed by atoms with Crippen molar-refractivity contribution in [2.75, 3.05) is 0 Å². The number of hydrogen-bond donors (Lipinski definition) is 1. The van der Waals surface area contributed by atoms with Crippen molar-refractivity contribution in [2.24, 2.45) is 5.73 Å². The molecule has 0 aliphatic heterocycles. The Morgan fingerprint density at radius 1 is 1.00 bits per heavy atom. The quantitative estimate of drug-likeness (QED) is 0.660. The number of nitrogens with two attached hydrogens (primary N) is 1. The highest BCUT2D eigenvalue weighted by molar-refractivity contribution is 5.98. The zero-order valence-corrected chi connectivity index (χ0v) is 9.34. The molecule has 0 saturated carbocycles. The van der Waals surface area contributed by atoms with Crippen LogP contribution in [0.2, 0.25) is 0 Å². The van der Waals surface area contributed by atoms with Gasteiger partial charge in [0, 0.05) is 5.56 Å². The number of rotatable bonds is 1. The SMILES string of the molecule is NC(=O)c1ccc2c(=O)c3ccccc3oc2c1. The molecule has 4 nitrogen and oxygen atoms in total. The maximum atomic E-state index is 12.2. The van der Waals surface area contributed by atoms with Crippen molar-refractivity contribution in [3.63, 3.8) is 0 Å². The van der Waals surface area contributed by atoms with Gasteiger partial charge in [0.1, 0.15) is 11.2 Å². The van der Waals surface area contributed by atoms with Gasteiger partial charge in [-0.15, -0.1) is 0 Å². The van der Waals surface area contributed by atoms with Gasteiger partial charge in [-0.25, -0.2) is 0 Å². The monoisotopic (exact) mass is 239 g/mol. The Hall–Kier alpha value is -2.62. The van der Waals surface area contributed by atoms with Gasteiger partial charge in [-0.05, 0) is 30.3 Å². The first kappa shape index (κ1) is 10.5. The molecule has 18 heavy (non-hydrogen) atoms. The number of benzene rings is 2. The summed E-state index contributed by atoms with van der Waals surface area (Å²) >= 11 is 0. The maximum Gasteiger partial charge on any atom is 0.248 e. The number of carbonyl (C=O) groups is 1. The molecule has 1 amide bonds. The van der Waals surface area contributed by atoms with Gasteiger partial charge >= 0.3 is 0 Å². The van der Waals surface area contributed by atoms with Gasteiger partial charge in [0.05, 0.1) is 10.8 Å². The Kier molecular flexibility index (Phi) is 2.16. The van der Waals surface area contributed by atoms with Crippen LogP contribution in [0.3, 0.4) is 0 Å². The van der Waals surface area contributed by atoms with E-state index >= 15 is 0 Å². The van der Waals surface area contributed by atoms with Crippen molar-refractivity contribution < 1.29 is 9.21 Å². The van der Waals surface area contributed by atoms with E-state index in [1.165, 1.54) is 12.1 Å². The first-order valence-electron chi connectivity index (χ1n) is 5.42. The van der Waals surface area contributed by atoms with Crippen LogP contribution in [-0.4, -0.2) is 5.91 Å². The van der Waals surface area contributed by atoms with Crippen molar-refractivity contribution in [3.05, 3.63) is 58.3 Å². The third-order valence-electron chi connectivity index (χ3n) is 2.86. The molecule has 0 bridgehead atoms. The van der Waals surface area contributed by atoms with Crippen LogP contribution in [0.4, 0.5) is 0 Å². The average Bonchev–Trinajstić information content (AvgIpc) is 2.38. The fourth-order valence-corrected chi connectivity index (χ4v) is 1.95. The Labute approximate surface area is 102 Å². The van der Waals surface area contributed by atoms with E-state index in [2.05, 4.69) is 0 Å². The van der Waals surface area contributed by atoms with E-state index in [1.807, 2.05) is 0 Å². The average molecular weight is 239 g/mol. The summed E-state index contributed by atoms with van der Waals surface area (Å²) in [5, 5.41) is 0.968. The Balaban J connectivity index is 2.48. The van der Waals surface area contributed by atoms with E-state index in [0.717, 1.165) is 0 Å². The lowest BCUT2D eigenvalue weighted by Gasteiger charge is -2.02. The van der Waals surface area contributed by atoms with Crippen LogP contribution in [0.15, 0.2) is 51.7 Å². The second-order valence-corrected chi connectivity index (χ2v) is 4.00. The number of carbonyl (C=O) groups excluding carboxylic acids is 1. The molecule has 88 valence electrons. The molecule has 4 heteroatoms. The fourth-order valence-electron chi connectivity index (χ4n) is 1.95. The zero-order valence-electron chi connectivity index (χ0n) is 9.34. The summed E-state index contributed by atoms with van der Waals surface area (Å²) in [6.45, 7) is 0. The summed E-state index contributed by atoms with van der Waals surface area (Å²) in [6.07, 6.45) is 0. The molecule has 0 fully saturated rings. The van der Waals surface area contributed by atoms with Gasteiger partial charge in [0.2, 0.25) is 11.3 Å². The highest BCUT2D eigenvalue weighted by Crippen LogP contribution is 2.19. The number of para-hydroxylation sites is 1. The minimum Gasteiger partial charge on any atom is -0.456 e. The summed E-state index contributed by atoms with van der Waals surface area (Å²) in [7, 11) is 0. The molecule has 2 N–H and O–H groups in total. The third-order valence-corrected chi connectivity index (χ3v) is 2.86. The first-order chi connectivity index (χ1) is 8.66. The lowest BCUT2D eigenvalue weighted by molar-refractivity contribution is 0.100. The van der Waals surface area contributed by atoms with Gasteiger partial charge in [0.25, 0.3) is 0 Å². The van der Waals surface area contributed by atoms with E-state index < -0.39 is 5.91 Å². The standard InChI is InChI=1S/C14H9NO3/c15-14(17)8-5-6-10-12(7-8)18-11-4-2-1-3-9(11)13(10)16/h1-7H,(H2,15,17). The molecule has 0 aliphatic carbocycles. The predicted octanol–water partition coefficient (Wildman–Crippen LogP) is 2.05. The molecule has 0 aliphatic rings. The molecule has 0 atom stereocenters. The van der Waals surface area contributed by atoms with Crippen LogP contribution in [0.5, 0.6) is 0 Å². The lowest BCUT2D eigenvalue weighted by atomic mass is 10.1. The molecule has 0 spiro atoms. The first-order valence-corrected chi connectivity index (χ1v) is 5.42. The molecule has 3 aromatic rings. The van der Waals surface area contributed by atoms with Crippen LogP contribution >= 0.6 is 0 Å². The summed E-state index contributed by atoms with van der Waals surface area (Å²) < 4.78 is 5.61. The topological polar surface area (TPSA) is 73.3 Å². The smallest absolute Gasteiger partial charge is 0.248 e. The summed E-state index contributed by atoms with van der Waals surface area (Å²) in [6, 6.07) is 11.6. The van der Waals surface area contributed by atoms with Crippen molar-refractivity contribution >= 4 is 27.8 Å². The fraction of sp³-hybridized carbons (Fsp3) is 0. The number of primary amides is 1. The Morgan fingerprint density at radius 3 is 2.50 bits per heavy atom. The predicted molar refractivity (Wildman–Crippen MR) is 68.5 cm³/mol. The highest BCUT2D eigenvalue weighted by Gasteiger charge is 2.09. The van der Waals surface area contributed by atoms with Crippen LogP contribution in [-0.2, 0) is 0 Å². The molecule has 0 radical (unpaired) electrons. The summed E-state index contributed by atoms with van der Waals surface area (Å²) in [5.74, 6) is -0.548. The van der Waals surface area contributed by atoms with Crippen LogP contribution in [0, 0.1) is 0 Å². The number of hydrogen-bond acceptors (Lipinski definition) is 3. The van der Waals surface area contributed by atoms with Gasteiger partial charge in [-0.1, -0.05) is 12.1 Å². The maximum absolute atomic E-state index is 12.2. The molecular weight excluding hydrogens is 230 g/mol. The second kappa shape index (κ2) is 3.70. The van der Waals surface area contributed by atoms with Crippen molar-refractivity contribution in [2.45, 2.75) is 0 Å². The molecule has 1 heterocycles. The Bertz CT molecular complexity index is 833. The van der Waals surface area contributed by atoms with E-state index in [4.69, 9.17) is 10.2 Å². The minimum absolute atomic E-state index is 0.108. The number of fused-ring (bicyclic) bond motifs is 2. The lowest BCUT2D eigenvalue weighted by Crippen LogP contribution is -2.11. The molecule has 0 unspecified atom stereocenters. The molecule has 0 saturated heterocycles. The van der Waals surface area contributed by atoms with Crippen molar-refractivity contribution in [1.82, 2.24) is 0 Å². The number of amides is 1. The van der Waals surface area contributed by atoms with Crippen molar-refractivity contribution in [1.29, 1.82) is 0 Å². The summed E-state index contributed by atoms with van der Waals surface area (Å²) in [5.41, 5.74) is 6.28. The third kappa shape index (κ3) is 1.47. The molecule has 1 aromatic heterocycles. The van der Waals surface area contributed by atoms with E-state index in [9.17, 15) is 9.59 Å². The van der Waals surface area contributed by atoms with Gasteiger partial charge in [-0.2, -0.15) is 0 Å². The highest BCUT2D eigenvalue weighted by atomic mass is 16.3. The van der Waals surface area contributed by atoms with E-state index in [1.54, 1.807) is 30.3 Å².